The lowest BCUT2D eigenvalue weighted by atomic mass is 10.2. The van der Waals surface area contributed by atoms with Gasteiger partial charge >= 0.3 is 0 Å². The van der Waals surface area contributed by atoms with Crippen molar-refractivity contribution in [2.45, 2.75) is 6.42 Å². The summed E-state index contributed by atoms with van der Waals surface area (Å²) in [5.41, 5.74) is 0.563. The molecule has 0 atom stereocenters. The van der Waals surface area contributed by atoms with Crippen LogP contribution in [0.2, 0.25) is 10.0 Å². The Morgan fingerprint density at radius 1 is 0.889 bits per heavy atom. The summed E-state index contributed by atoms with van der Waals surface area (Å²) in [4.78, 5) is 28.6. The number of rotatable bonds is 4. The minimum atomic E-state index is -0.0954. The molecule has 2 aromatic rings. The van der Waals surface area contributed by atoms with E-state index in [0.29, 0.717) is 47.5 Å². The summed E-state index contributed by atoms with van der Waals surface area (Å²) in [5.74, 6) is 0.437. The van der Waals surface area contributed by atoms with E-state index in [1.54, 1.807) is 58.3 Å². The summed E-state index contributed by atoms with van der Waals surface area (Å²) in [6.07, 6.45) is 0.721. The third-order valence-electron chi connectivity index (χ3n) is 4.38. The molecule has 5 nitrogen and oxygen atoms in total. The summed E-state index contributed by atoms with van der Waals surface area (Å²) in [5, 5.41) is 1.15. The maximum absolute atomic E-state index is 12.6. The van der Waals surface area contributed by atoms with Gasteiger partial charge in [-0.2, -0.15) is 0 Å². The second-order valence-electron chi connectivity index (χ2n) is 6.28. The van der Waals surface area contributed by atoms with Gasteiger partial charge in [-0.25, -0.2) is 0 Å². The predicted molar refractivity (Wildman–Crippen MR) is 105 cm³/mol. The molecule has 27 heavy (non-hydrogen) atoms. The molecule has 2 amide bonds. The molecule has 7 heteroatoms. The molecule has 3 rings (SSSR count). The van der Waals surface area contributed by atoms with Crippen LogP contribution in [0, 0.1) is 0 Å². The second-order valence-corrected chi connectivity index (χ2v) is 7.15. The zero-order valence-electron chi connectivity index (χ0n) is 14.7. The lowest BCUT2D eigenvalue weighted by molar-refractivity contribution is -0.133. The van der Waals surface area contributed by atoms with E-state index in [0.717, 1.165) is 6.42 Å². The standard InChI is InChI=1S/C20H20Cl2N2O3/c21-16-5-7-18(8-6-16)27-14-19(25)23-9-2-10-24(12-11-23)20(26)15-3-1-4-17(22)13-15/h1,3-8,13H,2,9-12,14H2. The van der Waals surface area contributed by atoms with Gasteiger partial charge in [-0.05, 0) is 48.9 Å². The molecule has 1 aliphatic heterocycles. The fraction of sp³-hybridized carbons (Fsp3) is 0.300. The van der Waals surface area contributed by atoms with Gasteiger partial charge in [-0.3, -0.25) is 9.59 Å². The Morgan fingerprint density at radius 3 is 2.33 bits per heavy atom. The van der Waals surface area contributed by atoms with Crippen molar-refractivity contribution in [3.8, 4) is 5.75 Å². The monoisotopic (exact) mass is 406 g/mol. The first-order valence-corrected chi connectivity index (χ1v) is 9.49. The van der Waals surface area contributed by atoms with Gasteiger partial charge in [0.15, 0.2) is 6.61 Å². The topological polar surface area (TPSA) is 49.9 Å². The number of halogens is 2. The van der Waals surface area contributed by atoms with Crippen molar-refractivity contribution >= 4 is 35.0 Å². The maximum atomic E-state index is 12.6. The van der Waals surface area contributed by atoms with Gasteiger partial charge in [0.05, 0.1) is 0 Å². The molecule has 0 aromatic heterocycles. The van der Waals surface area contributed by atoms with Crippen molar-refractivity contribution in [1.29, 1.82) is 0 Å². The summed E-state index contributed by atoms with van der Waals surface area (Å²) >= 11 is 11.8. The van der Waals surface area contributed by atoms with E-state index in [1.807, 2.05) is 0 Å². The highest BCUT2D eigenvalue weighted by molar-refractivity contribution is 6.31. The number of amides is 2. The molecular weight excluding hydrogens is 387 g/mol. The molecular formula is C20H20Cl2N2O3. The van der Waals surface area contributed by atoms with Crippen LogP contribution in [0.4, 0.5) is 0 Å². The largest absolute Gasteiger partial charge is 0.484 e. The van der Waals surface area contributed by atoms with Crippen molar-refractivity contribution in [2.24, 2.45) is 0 Å². The Kier molecular flexibility index (Phi) is 6.58. The molecule has 0 aliphatic carbocycles. The summed E-state index contributed by atoms with van der Waals surface area (Å²) in [6, 6.07) is 13.8. The van der Waals surface area contributed by atoms with Crippen LogP contribution in [0.3, 0.4) is 0 Å². The number of carbonyl (C=O) groups excluding carboxylic acids is 2. The number of ether oxygens (including phenoxy) is 1. The fourth-order valence-electron chi connectivity index (χ4n) is 2.94. The smallest absolute Gasteiger partial charge is 0.260 e. The number of hydrogen-bond donors (Lipinski definition) is 0. The number of benzene rings is 2. The van der Waals surface area contributed by atoms with Crippen LogP contribution in [0.1, 0.15) is 16.8 Å². The van der Waals surface area contributed by atoms with Gasteiger partial charge in [-0.1, -0.05) is 29.3 Å². The highest BCUT2D eigenvalue weighted by Gasteiger charge is 2.23. The first-order chi connectivity index (χ1) is 13.0. The predicted octanol–water partition coefficient (Wildman–Crippen LogP) is 3.75. The third kappa shape index (κ3) is 5.37. The van der Waals surface area contributed by atoms with E-state index in [9.17, 15) is 9.59 Å². The van der Waals surface area contributed by atoms with Gasteiger partial charge in [0.2, 0.25) is 0 Å². The van der Waals surface area contributed by atoms with E-state index in [1.165, 1.54) is 0 Å². The number of nitrogens with zero attached hydrogens (tertiary/aromatic N) is 2. The molecule has 1 fully saturated rings. The van der Waals surface area contributed by atoms with Crippen LogP contribution in [0.5, 0.6) is 5.75 Å². The van der Waals surface area contributed by atoms with Gasteiger partial charge in [0.1, 0.15) is 5.75 Å². The minimum absolute atomic E-state index is 0.0378. The summed E-state index contributed by atoms with van der Waals surface area (Å²) < 4.78 is 5.53. The lowest BCUT2D eigenvalue weighted by Crippen LogP contribution is -2.39. The SMILES string of the molecule is O=C(COc1ccc(Cl)cc1)N1CCCN(C(=O)c2cccc(Cl)c2)CC1. The van der Waals surface area contributed by atoms with Crippen molar-refractivity contribution in [2.75, 3.05) is 32.8 Å². The van der Waals surface area contributed by atoms with Gasteiger partial charge in [0, 0.05) is 41.8 Å². The second kappa shape index (κ2) is 9.11. The fourth-order valence-corrected chi connectivity index (χ4v) is 3.26. The quantitative estimate of drug-likeness (QED) is 0.776. The molecule has 0 saturated carbocycles. The zero-order valence-corrected chi connectivity index (χ0v) is 16.2. The van der Waals surface area contributed by atoms with E-state index in [-0.39, 0.29) is 18.4 Å². The van der Waals surface area contributed by atoms with Crippen molar-refractivity contribution in [1.82, 2.24) is 9.80 Å². The van der Waals surface area contributed by atoms with Gasteiger partial charge < -0.3 is 14.5 Å². The van der Waals surface area contributed by atoms with Crippen LogP contribution in [-0.2, 0) is 4.79 Å². The molecule has 0 spiro atoms. The Balaban J connectivity index is 1.53. The van der Waals surface area contributed by atoms with E-state index >= 15 is 0 Å². The van der Waals surface area contributed by atoms with E-state index < -0.39 is 0 Å². The average Bonchev–Trinajstić information content (AvgIpc) is 2.93. The Hall–Kier alpha value is -2.24. The highest BCUT2D eigenvalue weighted by Crippen LogP contribution is 2.16. The molecule has 1 saturated heterocycles. The van der Waals surface area contributed by atoms with Gasteiger partial charge in [-0.15, -0.1) is 0 Å². The highest BCUT2D eigenvalue weighted by atomic mass is 35.5. The Morgan fingerprint density at radius 2 is 1.59 bits per heavy atom. The van der Waals surface area contributed by atoms with E-state index in [2.05, 4.69) is 0 Å². The van der Waals surface area contributed by atoms with Crippen molar-refractivity contribution in [3.05, 3.63) is 64.1 Å². The first kappa shape index (κ1) is 19.5. The number of hydrogen-bond acceptors (Lipinski definition) is 3. The maximum Gasteiger partial charge on any atom is 0.260 e. The van der Waals surface area contributed by atoms with Crippen LogP contribution in [-0.4, -0.2) is 54.4 Å². The summed E-state index contributed by atoms with van der Waals surface area (Å²) in [7, 11) is 0. The van der Waals surface area contributed by atoms with Crippen LogP contribution >= 0.6 is 23.2 Å². The molecule has 2 aromatic carbocycles. The number of carbonyl (C=O) groups is 2. The Bertz CT molecular complexity index is 811. The van der Waals surface area contributed by atoms with Crippen molar-refractivity contribution < 1.29 is 14.3 Å². The zero-order chi connectivity index (χ0) is 19.2. The van der Waals surface area contributed by atoms with Crippen LogP contribution in [0.25, 0.3) is 0 Å². The molecule has 0 N–H and O–H groups in total. The molecule has 0 bridgehead atoms. The lowest BCUT2D eigenvalue weighted by Gasteiger charge is -2.22. The van der Waals surface area contributed by atoms with Gasteiger partial charge in [0.25, 0.3) is 11.8 Å². The molecule has 1 heterocycles. The van der Waals surface area contributed by atoms with E-state index in [4.69, 9.17) is 27.9 Å². The first-order valence-electron chi connectivity index (χ1n) is 8.74. The van der Waals surface area contributed by atoms with Crippen LogP contribution < -0.4 is 4.74 Å². The summed E-state index contributed by atoms with van der Waals surface area (Å²) in [6.45, 7) is 2.13. The normalized spacial score (nSPS) is 14.6. The molecule has 142 valence electrons. The molecule has 0 radical (unpaired) electrons. The minimum Gasteiger partial charge on any atom is -0.484 e. The van der Waals surface area contributed by atoms with Crippen molar-refractivity contribution in [3.63, 3.8) is 0 Å². The molecule has 1 aliphatic rings. The average molecular weight is 407 g/mol. The van der Waals surface area contributed by atoms with Crippen LogP contribution in [0.15, 0.2) is 48.5 Å². The molecule has 0 unspecified atom stereocenters. The third-order valence-corrected chi connectivity index (χ3v) is 4.87. The Labute approximate surface area is 168 Å².